The summed E-state index contributed by atoms with van der Waals surface area (Å²) in [6, 6.07) is 8.86. The van der Waals surface area contributed by atoms with E-state index in [0.29, 0.717) is 0 Å². The number of nitrogens with zero attached hydrogens (tertiary/aromatic N) is 2. The predicted molar refractivity (Wildman–Crippen MR) is 82.3 cm³/mol. The van der Waals surface area contributed by atoms with Gasteiger partial charge in [0.1, 0.15) is 12.1 Å². The van der Waals surface area contributed by atoms with Gasteiger partial charge in [-0.2, -0.15) is 0 Å². The zero-order valence-corrected chi connectivity index (χ0v) is 13.0. The predicted octanol–water partition coefficient (Wildman–Crippen LogP) is 4.42. The zero-order chi connectivity index (χ0) is 13.8. The number of aryl methyl sites for hydroxylation is 2. The molecule has 1 unspecified atom stereocenters. The number of anilines is 1. The van der Waals surface area contributed by atoms with E-state index in [2.05, 4.69) is 69.3 Å². The second-order valence-corrected chi connectivity index (χ2v) is 5.43. The van der Waals surface area contributed by atoms with Gasteiger partial charge in [-0.05, 0) is 41.8 Å². The van der Waals surface area contributed by atoms with E-state index in [-0.39, 0.29) is 6.04 Å². The van der Waals surface area contributed by atoms with Crippen LogP contribution in [-0.2, 0) is 0 Å². The van der Waals surface area contributed by atoms with Crippen molar-refractivity contribution < 1.29 is 0 Å². The van der Waals surface area contributed by atoms with Crippen LogP contribution in [-0.4, -0.2) is 9.97 Å². The van der Waals surface area contributed by atoms with Gasteiger partial charge in [-0.15, -0.1) is 0 Å². The van der Waals surface area contributed by atoms with Crippen molar-refractivity contribution in [1.29, 1.82) is 0 Å². The molecule has 0 aliphatic heterocycles. The first kappa shape index (κ1) is 14.0. The third-order valence-electron chi connectivity index (χ3n) is 3.16. The van der Waals surface area contributed by atoms with Crippen molar-refractivity contribution in [3.8, 4) is 0 Å². The average Bonchev–Trinajstić information content (AvgIpc) is 2.42. The topological polar surface area (TPSA) is 37.8 Å². The molecule has 0 aliphatic carbocycles. The lowest BCUT2D eigenvalue weighted by molar-refractivity contribution is 0.742. The van der Waals surface area contributed by atoms with Crippen LogP contribution in [0.25, 0.3) is 0 Å². The Morgan fingerprint density at radius 1 is 1.16 bits per heavy atom. The Morgan fingerprint density at radius 2 is 1.84 bits per heavy atom. The van der Waals surface area contributed by atoms with Crippen LogP contribution in [0.4, 0.5) is 5.82 Å². The van der Waals surface area contributed by atoms with E-state index >= 15 is 0 Å². The first-order valence-electron chi connectivity index (χ1n) is 6.42. The van der Waals surface area contributed by atoms with E-state index in [1.807, 2.05) is 6.92 Å². The van der Waals surface area contributed by atoms with Crippen molar-refractivity contribution >= 4 is 21.7 Å². The molecule has 100 valence electrons. The Kier molecular flexibility index (Phi) is 4.53. The highest BCUT2D eigenvalue weighted by atomic mass is 79.9. The lowest BCUT2D eigenvalue weighted by atomic mass is 10.0. The monoisotopic (exact) mass is 319 g/mol. The van der Waals surface area contributed by atoms with Crippen molar-refractivity contribution in [2.75, 3.05) is 5.32 Å². The molecule has 0 radical (unpaired) electrons. The van der Waals surface area contributed by atoms with E-state index in [1.165, 1.54) is 11.1 Å². The summed E-state index contributed by atoms with van der Waals surface area (Å²) < 4.78 is 0.931. The van der Waals surface area contributed by atoms with Gasteiger partial charge in [0.25, 0.3) is 0 Å². The fraction of sp³-hybridized carbons (Fsp3) is 0.333. The van der Waals surface area contributed by atoms with Gasteiger partial charge >= 0.3 is 0 Å². The zero-order valence-electron chi connectivity index (χ0n) is 11.4. The van der Waals surface area contributed by atoms with Crippen molar-refractivity contribution in [3.05, 3.63) is 51.9 Å². The van der Waals surface area contributed by atoms with E-state index in [4.69, 9.17) is 0 Å². The van der Waals surface area contributed by atoms with Crippen LogP contribution in [0.1, 0.15) is 36.2 Å². The summed E-state index contributed by atoms with van der Waals surface area (Å²) in [6.45, 7) is 6.23. The molecule has 0 bridgehead atoms. The minimum Gasteiger partial charge on any atom is -0.362 e. The summed E-state index contributed by atoms with van der Waals surface area (Å²) in [5, 5.41) is 3.48. The molecule has 3 nitrogen and oxygen atoms in total. The molecule has 0 fully saturated rings. The summed E-state index contributed by atoms with van der Waals surface area (Å²) >= 11 is 3.53. The summed E-state index contributed by atoms with van der Waals surface area (Å²) in [5.41, 5.74) is 3.49. The van der Waals surface area contributed by atoms with E-state index in [1.54, 1.807) is 6.33 Å². The van der Waals surface area contributed by atoms with Crippen LogP contribution in [0, 0.1) is 13.8 Å². The van der Waals surface area contributed by atoms with Gasteiger partial charge in [-0.3, -0.25) is 0 Å². The molecule has 2 aromatic rings. The molecule has 19 heavy (non-hydrogen) atoms. The second-order valence-electron chi connectivity index (χ2n) is 4.64. The van der Waals surface area contributed by atoms with Crippen molar-refractivity contribution in [3.63, 3.8) is 0 Å². The van der Waals surface area contributed by atoms with E-state index in [9.17, 15) is 0 Å². The molecule has 1 atom stereocenters. The first-order valence-corrected chi connectivity index (χ1v) is 7.21. The molecular weight excluding hydrogens is 302 g/mol. The van der Waals surface area contributed by atoms with Crippen molar-refractivity contribution in [1.82, 2.24) is 9.97 Å². The van der Waals surface area contributed by atoms with Crippen molar-refractivity contribution in [2.24, 2.45) is 0 Å². The Morgan fingerprint density at radius 3 is 2.47 bits per heavy atom. The minimum atomic E-state index is 0.256. The highest BCUT2D eigenvalue weighted by molar-refractivity contribution is 9.10. The molecule has 0 aliphatic rings. The van der Waals surface area contributed by atoms with Gasteiger partial charge in [0.05, 0.1) is 16.2 Å². The lowest BCUT2D eigenvalue weighted by Gasteiger charge is -2.19. The van der Waals surface area contributed by atoms with Gasteiger partial charge in [0.2, 0.25) is 0 Å². The summed E-state index contributed by atoms with van der Waals surface area (Å²) in [4.78, 5) is 8.46. The van der Waals surface area contributed by atoms with Crippen molar-refractivity contribution in [2.45, 2.75) is 33.2 Å². The molecule has 1 N–H and O–H groups in total. The van der Waals surface area contributed by atoms with E-state index < -0.39 is 0 Å². The number of nitrogens with one attached hydrogen (secondary N) is 1. The first-order chi connectivity index (χ1) is 9.11. The normalized spacial score (nSPS) is 12.2. The molecule has 4 heteroatoms. The maximum Gasteiger partial charge on any atom is 0.144 e. The number of rotatable bonds is 4. The van der Waals surface area contributed by atoms with Crippen LogP contribution in [0.2, 0.25) is 0 Å². The van der Waals surface area contributed by atoms with Gasteiger partial charge in [-0.25, -0.2) is 9.97 Å². The molecule has 1 aromatic heterocycles. The third kappa shape index (κ3) is 3.32. The van der Waals surface area contributed by atoms with Crippen LogP contribution >= 0.6 is 15.9 Å². The van der Waals surface area contributed by atoms with Crippen LogP contribution in [0.5, 0.6) is 0 Å². The molecule has 2 rings (SSSR count). The molecular formula is C15H18BrN3. The largest absolute Gasteiger partial charge is 0.362 e. The fourth-order valence-electron chi connectivity index (χ4n) is 1.94. The Bertz CT molecular complexity index is 552. The van der Waals surface area contributed by atoms with Crippen LogP contribution in [0.15, 0.2) is 35.1 Å². The van der Waals surface area contributed by atoms with Crippen LogP contribution < -0.4 is 5.32 Å². The molecule has 0 saturated carbocycles. The smallest absolute Gasteiger partial charge is 0.144 e. The number of hydrogen-bond donors (Lipinski definition) is 1. The standard InChI is InChI=1S/C15H18BrN3/c1-4-13(12-7-5-10(2)6-8-12)19-15-14(16)11(3)17-9-18-15/h5-9,13H,4H2,1-3H3,(H,17,18,19). The molecule has 0 saturated heterocycles. The van der Waals surface area contributed by atoms with Gasteiger partial charge < -0.3 is 5.32 Å². The Balaban J connectivity index is 2.24. The number of halogens is 1. The SMILES string of the molecule is CCC(Nc1ncnc(C)c1Br)c1ccc(C)cc1. The average molecular weight is 320 g/mol. The minimum absolute atomic E-state index is 0.256. The fourth-order valence-corrected chi connectivity index (χ4v) is 2.26. The van der Waals surface area contributed by atoms with Gasteiger partial charge in [-0.1, -0.05) is 36.8 Å². The molecule has 1 aromatic carbocycles. The van der Waals surface area contributed by atoms with Gasteiger partial charge in [0, 0.05) is 0 Å². The molecule has 1 heterocycles. The lowest BCUT2D eigenvalue weighted by Crippen LogP contribution is -2.11. The quantitative estimate of drug-likeness (QED) is 0.906. The highest BCUT2D eigenvalue weighted by Gasteiger charge is 2.12. The summed E-state index contributed by atoms with van der Waals surface area (Å²) in [6.07, 6.45) is 2.59. The third-order valence-corrected chi connectivity index (χ3v) is 4.11. The van der Waals surface area contributed by atoms with Gasteiger partial charge in [0.15, 0.2) is 0 Å². The summed E-state index contributed by atoms with van der Waals surface area (Å²) in [7, 11) is 0. The molecule has 0 amide bonds. The highest BCUT2D eigenvalue weighted by Crippen LogP contribution is 2.27. The maximum absolute atomic E-state index is 4.30. The number of benzene rings is 1. The number of aromatic nitrogens is 2. The van der Waals surface area contributed by atoms with Crippen LogP contribution in [0.3, 0.4) is 0 Å². The summed E-state index contributed by atoms with van der Waals surface area (Å²) in [5.74, 6) is 0.847. The Hall–Kier alpha value is -1.42. The maximum atomic E-state index is 4.30. The second kappa shape index (κ2) is 6.15. The molecule has 0 spiro atoms. The Labute approximate surface area is 122 Å². The van der Waals surface area contributed by atoms with E-state index in [0.717, 1.165) is 22.4 Å². The number of hydrogen-bond acceptors (Lipinski definition) is 3.